The number of ether oxygens (including phenoxy) is 1. The van der Waals surface area contributed by atoms with Gasteiger partial charge in [0.2, 0.25) is 10.0 Å². The van der Waals surface area contributed by atoms with E-state index in [9.17, 15) is 8.42 Å². The molecular weight excluding hydrogens is 274 g/mol. The summed E-state index contributed by atoms with van der Waals surface area (Å²) in [5.74, 6) is 1.04. The molecule has 1 atom stereocenters. The van der Waals surface area contributed by atoms with E-state index in [0.29, 0.717) is 18.0 Å². The van der Waals surface area contributed by atoms with Crippen molar-refractivity contribution in [2.75, 3.05) is 20.2 Å². The van der Waals surface area contributed by atoms with Crippen LogP contribution < -0.4 is 4.74 Å². The van der Waals surface area contributed by atoms with E-state index in [1.807, 2.05) is 0 Å². The Morgan fingerprint density at radius 2 is 1.95 bits per heavy atom. The summed E-state index contributed by atoms with van der Waals surface area (Å²) in [5.41, 5.74) is 0.968. The van der Waals surface area contributed by atoms with Gasteiger partial charge in [0.25, 0.3) is 0 Å². The van der Waals surface area contributed by atoms with E-state index in [-0.39, 0.29) is 5.92 Å². The minimum Gasteiger partial charge on any atom is -0.496 e. The molecule has 0 bridgehead atoms. The fraction of sp³-hybridized carbons (Fsp3) is 0.600. The van der Waals surface area contributed by atoms with E-state index in [1.165, 1.54) is 0 Å². The molecule has 0 aliphatic carbocycles. The molecule has 1 heterocycles. The first-order valence-electron chi connectivity index (χ1n) is 7.18. The van der Waals surface area contributed by atoms with Gasteiger partial charge in [-0.2, -0.15) is 4.31 Å². The van der Waals surface area contributed by atoms with Crippen molar-refractivity contribution in [1.29, 1.82) is 0 Å². The Morgan fingerprint density at radius 3 is 2.50 bits per heavy atom. The van der Waals surface area contributed by atoms with Gasteiger partial charge in [-0.15, -0.1) is 0 Å². The van der Waals surface area contributed by atoms with Crippen molar-refractivity contribution in [2.45, 2.75) is 43.9 Å². The topological polar surface area (TPSA) is 46.6 Å². The van der Waals surface area contributed by atoms with Crippen LogP contribution in [-0.4, -0.2) is 32.9 Å². The van der Waals surface area contributed by atoms with Crippen LogP contribution in [0.25, 0.3) is 0 Å². The van der Waals surface area contributed by atoms with Crippen LogP contribution in [-0.2, 0) is 10.0 Å². The molecule has 0 radical (unpaired) electrons. The molecule has 0 aromatic heterocycles. The SMILES string of the molecule is CC[C@@H](C)c1cc(S(=O)(=O)N2CCCC2)ccc1OC. The molecule has 1 aromatic carbocycles. The van der Waals surface area contributed by atoms with E-state index in [0.717, 1.165) is 30.6 Å². The highest BCUT2D eigenvalue weighted by Crippen LogP contribution is 2.32. The van der Waals surface area contributed by atoms with Gasteiger partial charge in [-0.1, -0.05) is 13.8 Å². The predicted molar refractivity (Wildman–Crippen MR) is 79.7 cm³/mol. The Hall–Kier alpha value is -1.07. The average molecular weight is 297 g/mol. The normalized spacial score (nSPS) is 18.1. The molecule has 20 heavy (non-hydrogen) atoms. The fourth-order valence-electron chi connectivity index (χ4n) is 2.56. The largest absolute Gasteiger partial charge is 0.496 e. The summed E-state index contributed by atoms with van der Waals surface area (Å²) in [6.07, 6.45) is 2.85. The summed E-state index contributed by atoms with van der Waals surface area (Å²) in [5, 5.41) is 0. The highest BCUT2D eigenvalue weighted by atomic mass is 32.2. The summed E-state index contributed by atoms with van der Waals surface area (Å²) in [6.45, 7) is 5.44. The lowest BCUT2D eigenvalue weighted by Gasteiger charge is -2.19. The zero-order valence-electron chi connectivity index (χ0n) is 12.4. The van der Waals surface area contributed by atoms with Crippen molar-refractivity contribution < 1.29 is 13.2 Å². The quantitative estimate of drug-likeness (QED) is 0.839. The molecule has 4 nitrogen and oxygen atoms in total. The molecule has 5 heteroatoms. The average Bonchev–Trinajstić information content (AvgIpc) is 3.00. The van der Waals surface area contributed by atoms with Crippen LogP contribution in [0.2, 0.25) is 0 Å². The number of sulfonamides is 1. The minimum absolute atomic E-state index is 0.277. The number of benzene rings is 1. The van der Waals surface area contributed by atoms with Gasteiger partial charge in [0.1, 0.15) is 5.75 Å². The third kappa shape index (κ3) is 2.83. The van der Waals surface area contributed by atoms with E-state index in [4.69, 9.17) is 4.74 Å². The molecular formula is C15H23NO3S. The third-order valence-electron chi connectivity index (χ3n) is 4.05. The lowest BCUT2D eigenvalue weighted by Crippen LogP contribution is -2.28. The first-order chi connectivity index (χ1) is 9.50. The highest BCUT2D eigenvalue weighted by Gasteiger charge is 2.28. The van der Waals surface area contributed by atoms with Crippen LogP contribution in [0.4, 0.5) is 0 Å². The molecule has 1 fully saturated rings. The molecule has 0 saturated carbocycles. The summed E-state index contributed by atoms with van der Waals surface area (Å²) < 4.78 is 32.1. The van der Waals surface area contributed by atoms with Gasteiger partial charge in [0, 0.05) is 13.1 Å². The van der Waals surface area contributed by atoms with E-state index in [2.05, 4.69) is 13.8 Å². The van der Waals surface area contributed by atoms with Gasteiger partial charge in [-0.25, -0.2) is 8.42 Å². The second kappa shape index (κ2) is 6.14. The number of hydrogen-bond acceptors (Lipinski definition) is 3. The minimum atomic E-state index is -3.35. The molecule has 0 unspecified atom stereocenters. The third-order valence-corrected chi connectivity index (χ3v) is 5.94. The van der Waals surface area contributed by atoms with Crippen LogP contribution in [0.15, 0.2) is 23.1 Å². The second-order valence-corrected chi connectivity index (χ2v) is 7.26. The Morgan fingerprint density at radius 1 is 1.30 bits per heavy atom. The zero-order chi connectivity index (χ0) is 14.8. The van der Waals surface area contributed by atoms with Gasteiger partial charge in [-0.3, -0.25) is 0 Å². The maximum atomic E-state index is 12.6. The molecule has 1 aliphatic heterocycles. The van der Waals surface area contributed by atoms with Gasteiger partial charge >= 0.3 is 0 Å². The molecule has 2 rings (SSSR count). The predicted octanol–water partition coefficient (Wildman–Crippen LogP) is 2.99. The van der Waals surface area contributed by atoms with Crippen LogP contribution in [0, 0.1) is 0 Å². The molecule has 112 valence electrons. The van der Waals surface area contributed by atoms with E-state index in [1.54, 1.807) is 29.6 Å². The summed E-state index contributed by atoms with van der Waals surface area (Å²) in [4.78, 5) is 0.385. The Bertz CT molecular complexity index is 562. The van der Waals surface area contributed by atoms with Crippen molar-refractivity contribution >= 4 is 10.0 Å². The molecule has 1 aliphatic rings. The zero-order valence-corrected chi connectivity index (χ0v) is 13.2. The summed E-state index contributed by atoms with van der Waals surface area (Å²) in [7, 11) is -1.73. The van der Waals surface area contributed by atoms with Crippen LogP contribution in [0.1, 0.15) is 44.6 Å². The van der Waals surface area contributed by atoms with E-state index < -0.39 is 10.0 Å². The number of hydrogen-bond donors (Lipinski definition) is 0. The number of nitrogens with zero attached hydrogens (tertiary/aromatic N) is 1. The Balaban J connectivity index is 2.42. The maximum Gasteiger partial charge on any atom is 0.243 e. The maximum absolute atomic E-state index is 12.6. The van der Waals surface area contributed by atoms with Crippen LogP contribution in [0.5, 0.6) is 5.75 Å². The monoisotopic (exact) mass is 297 g/mol. The second-order valence-electron chi connectivity index (χ2n) is 5.32. The Kier molecular flexibility index (Phi) is 4.70. The van der Waals surface area contributed by atoms with Crippen LogP contribution >= 0.6 is 0 Å². The number of methoxy groups -OCH3 is 1. The summed E-state index contributed by atoms with van der Waals surface area (Å²) >= 11 is 0. The standard InChI is InChI=1S/C15H23NO3S/c1-4-12(2)14-11-13(7-8-15(14)19-3)20(17,18)16-9-5-6-10-16/h7-8,11-12H,4-6,9-10H2,1-3H3/t12-/m1/s1. The van der Waals surface area contributed by atoms with Gasteiger partial charge in [-0.05, 0) is 48.9 Å². The molecule has 0 amide bonds. The Labute approximate surface area is 121 Å². The van der Waals surface area contributed by atoms with Crippen molar-refractivity contribution in [1.82, 2.24) is 4.31 Å². The van der Waals surface area contributed by atoms with E-state index >= 15 is 0 Å². The summed E-state index contributed by atoms with van der Waals surface area (Å²) in [6, 6.07) is 5.20. The number of rotatable bonds is 5. The lowest BCUT2D eigenvalue weighted by atomic mass is 9.98. The van der Waals surface area contributed by atoms with Gasteiger partial charge in [0.15, 0.2) is 0 Å². The van der Waals surface area contributed by atoms with Gasteiger partial charge < -0.3 is 4.74 Å². The highest BCUT2D eigenvalue weighted by molar-refractivity contribution is 7.89. The van der Waals surface area contributed by atoms with Crippen molar-refractivity contribution in [3.05, 3.63) is 23.8 Å². The molecule has 0 spiro atoms. The van der Waals surface area contributed by atoms with Crippen LogP contribution in [0.3, 0.4) is 0 Å². The fourth-order valence-corrected chi connectivity index (χ4v) is 4.11. The van der Waals surface area contributed by atoms with Crippen molar-refractivity contribution in [3.8, 4) is 5.75 Å². The molecule has 1 saturated heterocycles. The molecule has 0 N–H and O–H groups in total. The van der Waals surface area contributed by atoms with Crippen molar-refractivity contribution in [2.24, 2.45) is 0 Å². The molecule has 1 aromatic rings. The lowest BCUT2D eigenvalue weighted by molar-refractivity contribution is 0.405. The van der Waals surface area contributed by atoms with Gasteiger partial charge in [0.05, 0.1) is 12.0 Å². The smallest absolute Gasteiger partial charge is 0.243 e. The van der Waals surface area contributed by atoms with Crippen molar-refractivity contribution in [3.63, 3.8) is 0 Å². The first kappa shape index (κ1) is 15.3. The first-order valence-corrected chi connectivity index (χ1v) is 8.62.